The summed E-state index contributed by atoms with van der Waals surface area (Å²) in [5, 5.41) is 3.79. The van der Waals surface area contributed by atoms with Gasteiger partial charge in [0.15, 0.2) is 0 Å². The van der Waals surface area contributed by atoms with Crippen molar-refractivity contribution in [2.45, 2.75) is 77.9 Å². The van der Waals surface area contributed by atoms with E-state index in [0.717, 1.165) is 12.5 Å². The summed E-state index contributed by atoms with van der Waals surface area (Å²) in [4.78, 5) is 0. The van der Waals surface area contributed by atoms with Crippen LogP contribution in [0.2, 0.25) is 0 Å². The lowest BCUT2D eigenvalue weighted by Gasteiger charge is -2.55. The van der Waals surface area contributed by atoms with Gasteiger partial charge >= 0.3 is 0 Å². The van der Waals surface area contributed by atoms with E-state index in [9.17, 15) is 0 Å². The van der Waals surface area contributed by atoms with E-state index in [1.807, 2.05) is 0 Å². The molecule has 1 N–H and O–H groups in total. The van der Waals surface area contributed by atoms with E-state index in [4.69, 9.17) is 4.74 Å². The van der Waals surface area contributed by atoms with Crippen molar-refractivity contribution >= 4 is 0 Å². The fourth-order valence-corrected chi connectivity index (χ4v) is 3.90. The highest BCUT2D eigenvalue weighted by atomic mass is 16.5. The van der Waals surface area contributed by atoms with Gasteiger partial charge in [-0.25, -0.2) is 0 Å². The summed E-state index contributed by atoms with van der Waals surface area (Å²) in [6, 6.07) is 0.695. The molecule has 2 heteroatoms. The van der Waals surface area contributed by atoms with Gasteiger partial charge in [0.25, 0.3) is 0 Å². The largest absolute Gasteiger partial charge is 0.377 e. The molecule has 0 amide bonds. The zero-order chi connectivity index (χ0) is 13.0. The van der Waals surface area contributed by atoms with Crippen LogP contribution in [0.4, 0.5) is 0 Å². The second-order valence-corrected chi connectivity index (χ2v) is 6.76. The maximum Gasteiger partial charge on any atom is 0.0685 e. The number of hydrogen-bond donors (Lipinski definition) is 1. The molecule has 1 aliphatic heterocycles. The standard InChI is InChI=1S/C16H31NO/c1-4-5-6-7-8-9-11-17-14-13-10-12-18-15(13)16(14,2)3/h13-15,17H,4-12H2,1-3H3. The number of unbranched alkanes of at least 4 members (excludes halogenated alkanes) is 5. The number of hydrogen-bond acceptors (Lipinski definition) is 2. The second-order valence-electron chi connectivity index (χ2n) is 6.76. The maximum atomic E-state index is 5.83. The molecule has 2 rings (SSSR count). The summed E-state index contributed by atoms with van der Waals surface area (Å²) in [6.45, 7) is 9.18. The Kier molecular flexibility index (Phi) is 5.08. The van der Waals surface area contributed by atoms with Gasteiger partial charge in [-0.2, -0.15) is 0 Å². The maximum absolute atomic E-state index is 5.83. The molecular formula is C16H31NO. The lowest BCUT2D eigenvalue weighted by atomic mass is 9.57. The average Bonchev–Trinajstić information content (AvgIpc) is 2.79. The smallest absolute Gasteiger partial charge is 0.0685 e. The monoisotopic (exact) mass is 253 g/mol. The molecule has 1 saturated carbocycles. The van der Waals surface area contributed by atoms with Gasteiger partial charge in [-0.15, -0.1) is 0 Å². The minimum Gasteiger partial charge on any atom is -0.377 e. The van der Waals surface area contributed by atoms with Gasteiger partial charge in [-0.05, 0) is 19.4 Å². The molecule has 106 valence electrons. The minimum atomic E-state index is 0.351. The van der Waals surface area contributed by atoms with Crippen LogP contribution < -0.4 is 5.32 Å². The van der Waals surface area contributed by atoms with Crippen LogP contribution >= 0.6 is 0 Å². The van der Waals surface area contributed by atoms with Gasteiger partial charge in [0.1, 0.15) is 0 Å². The third-order valence-electron chi connectivity index (χ3n) is 5.00. The molecule has 0 aromatic heterocycles. The van der Waals surface area contributed by atoms with E-state index < -0.39 is 0 Å². The summed E-state index contributed by atoms with van der Waals surface area (Å²) < 4.78 is 5.83. The Bertz CT molecular complexity index is 251. The Morgan fingerprint density at radius 2 is 1.83 bits per heavy atom. The lowest BCUT2D eigenvalue weighted by molar-refractivity contribution is -0.112. The Morgan fingerprint density at radius 1 is 1.11 bits per heavy atom. The molecule has 0 aromatic carbocycles. The van der Waals surface area contributed by atoms with Gasteiger partial charge < -0.3 is 10.1 Å². The number of nitrogens with one attached hydrogen (secondary N) is 1. The van der Waals surface area contributed by atoms with Gasteiger partial charge in [0.2, 0.25) is 0 Å². The van der Waals surface area contributed by atoms with Gasteiger partial charge in [0.05, 0.1) is 6.10 Å². The van der Waals surface area contributed by atoms with Crippen LogP contribution in [0.1, 0.15) is 65.7 Å². The fraction of sp³-hybridized carbons (Fsp3) is 1.00. The van der Waals surface area contributed by atoms with Crippen LogP contribution in [-0.4, -0.2) is 25.3 Å². The van der Waals surface area contributed by atoms with Crippen LogP contribution in [0.3, 0.4) is 0 Å². The van der Waals surface area contributed by atoms with Crippen LogP contribution in [-0.2, 0) is 4.74 Å². The summed E-state index contributed by atoms with van der Waals surface area (Å²) in [7, 11) is 0. The topological polar surface area (TPSA) is 21.3 Å². The molecule has 0 bridgehead atoms. The zero-order valence-electron chi connectivity index (χ0n) is 12.5. The van der Waals surface area contributed by atoms with Crippen LogP contribution in [0, 0.1) is 11.3 Å². The Balaban J connectivity index is 1.57. The number of rotatable bonds is 8. The zero-order valence-corrected chi connectivity index (χ0v) is 12.5. The molecule has 1 aliphatic carbocycles. The SMILES string of the molecule is CCCCCCCCNC1C2CCOC2C1(C)C. The predicted molar refractivity (Wildman–Crippen MR) is 76.8 cm³/mol. The number of ether oxygens (including phenoxy) is 1. The molecule has 2 aliphatic rings. The molecule has 0 spiro atoms. The van der Waals surface area contributed by atoms with Crippen molar-refractivity contribution in [1.82, 2.24) is 5.32 Å². The van der Waals surface area contributed by atoms with E-state index in [1.165, 1.54) is 51.5 Å². The molecule has 3 unspecified atom stereocenters. The van der Waals surface area contributed by atoms with E-state index in [1.54, 1.807) is 0 Å². The molecule has 2 nitrogen and oxygen atoms in total. The normalized spacial score (nSPS) is 33.2. The van der Waals surface area contributed by atoms with Crippen LogP contribution in [0.5, 0.6) is 0 Å². The molecule has 18 heavy (non-hydrogen) atoms. The first kappa shape index (κ1) is 14.3. The van der Waals surface area contributed by atoms with E-state index in [-0.39, 0.29) is 0 Å². The van der Waals surface area contributed by atoms with Crippen molar-refractivity contribution in [1.29, 1.82) is 0 Å². The molecule has 1 heterocycles. The van der Waals surface area contributed by atoms with Crippen molar-refractivity contribution in [3.05, 3.63) is 0 Å². The third kappa shape index (κ3) is 2.91. The van der Waals surface area contributed by atoms with E-state index in [0.29, 0.717) is 17.6 Å². The number of fused-ring (bicyclic) bond motifs is 1. The quantitative estimate of drug-likeness (QED) is 0.665. The molecule has 0 aromatic rings. The predicted octanol–water partition coefficient (Wildman–Crippen LogP) is 3.75. The highest BCUT2D eigenvalue weighted by Gasteiger charge is 2.58. The molecule has 2 fully saturated rings. The van der Waals surface area contributed by atoms with E-state index >= 15 is 0 Å². The Morgan fingerprint density at radius 3 is 2.61 bits per heavy atom. The highest BCUT2D eigenvalue weighted by Crippen LogP contribution is 2.51. The van der Waals surface area contributed by atoms with E-state index in [2.05, 4.69) is 26.1 Å². The molecular weight excluding hydrogens is 222 g/mol. The van der Waals surface area contributed by atoms with Crippen LogP contribution in [0.15, 0.2) is 0 Å². The average molecular weight is 253 g/mol. The Labute approximate surface area is 113 Å². The Hall–Kier alpha value is -0.0800. The van der Waals surface area contributed by atoms with Crippen molar-refractivity contribution < 1.29 is 4.74 Å². The first-order valence-electron chi connectivity index (χ1n) is 8.03. The minimum absolute atomic E-state index is 0.351. The second kappa shape index (κ2) is 6.38. The fourth-order valence-electron chi connectivity index (χ4n) is 3.90. The van der Waals surface area contributed by atoms with Gasteiger partial charge in [0, 0.05) is 24.0 Å². The van der Waals surface area contributed by atoms with Gasteiger partial charge in [-0.1, -0.05) is 52.9 Å². The van der Waals surface area contributed by atoms with Crippen LogP contribution in [0.25, 0.3) is 0 Å². The summed E-state index contributed by atoms with van der Waals surface area (Å²) in [5.74, 6) is 0.792. The molecule has 1 saturated heterocycles. The summed E-state index contributed by atoms with van der Waals surface area (Å²) in [6.07, 6.45) is 10.1. The lowest BCUT2D eigenvalue weighted by Crippen LogP contribution is -2.65. The van der Waals surface area contributed by atoms with Crippen molar-refractivity contribution in [2.75, 3.05) is 13.2 Å². The summed E-state index contributed by atoms with van der Waals surface area (Å²) >= 11 is 0. The molecule has 0 radical (unpaired) electrons. The van der Waals surface area contributed by atoms with Crippen molar-refractivity contribution in [2.24, 2.45) is 11.3 Å². The summed E-state index contributed by atoms with van der Waals surface area (Å²) in [5.41, 5.74) is 0.351. The van der Waals surface area contributed by atoms with Crippen molar-refractivity contribution in [3.8, 4) is 0 Å². The third-order valence-corrected chi connectivity index (χ3v) is 5.00. The van der Waals surface area contributed by atoms with Gasteiger partial charge in [-0.3, -0.25) is 0 Å². The highest BCUT2D eigenvalue weighted by molar-refractivity contribution is 5.11. The van der Waals surface area contributed by atoms with Crippen molar-refractivity contribution in [3.63, 3.8) is 0 Å². The first-order chi connectivity index (χ1) is 8.68. The first-order valence-corrected chi connectivity index (χ1v) is 8.03. The molecule has 3 atom stereocenters.